The first-order valence-corrected chi connectivity index (χ1v) is 7.71. The highest BCUT2D eigenvalue weighted by atomic mass is 32.2. The fourth-order valence-electron chi connectivity index (χ4n) is 1.75. The molecule has 0 radical (unpaired) electrons. The number of hydrogen-bond acceptors (Lipinski definition) is 4. The lowest BCUT2D eigenvalue weighted by Crippen LogP contribution is -2.31. The number of esters is 1. The van der Waals surface area contributed by atoms with Gasteiger partial charge in [0, 0.05) is 17.2 Å². The van der Waals surface area contributed by atoms with Gasteiger partial charge in [-0.05, 0) is 31.8 Å². The second-order valence-corrected chi connectivity index (χ2v) is 5.64. The van der Waals surface area contributed by atoms with Crippen LogP contribution in [0.2, 0.25) is 0 Å². The van der Waals surface area contributed by atoms with E-state index in [0.717, 1.165) is 31.8 Å². The minimum Gasteiger partial charge on any atom is -0.462 e. The SMILES string of the molecule is C=CCCCC(CC)(COC(=O)C=C)CSC(=O)C=C. The van der Waals surface area contributed by atoms with Gasteiger partial charge in [0.2, 0.25) is 5.12 Å². The molecular weight excluding hydrogens is 272 g/mol. The van der Waals surface area contributed by atoms with Crippen molar-refractivity contribution in [1.82, 2.24) is 0 Å². The standard InChI is InChI=1S/C16H24O3S/c1-5-9-10-11-16(8-4,12-19-14(17)6-2)13-20-15(18)7-3/h5-7H,1-3,8-13H2,4H3. The maximum Gasteiger partial charge on any atom is 0.330 e. The molecule has 0 spiro atoms. The summed E-state index contributed by atoms with van der Waals surface area (Å²) in [6.45, 7) is 12.9. The van der Waals surface area contributed by atoms with Crippen LogP contribution < -0.4 is 0 Å². The van der Waals surface area contributed by atoms with Crippen molar-refractivity contribution < 1.29 is 14.3 Å². The van der Waals surface area contributed by atoms with E-state index in [1.165, 1.54) is 17.8 Å². The molecule has 0 aliphatic heterocycles. The third kappa shape index (κ3) is 7.34. The molecule has 0 bridgehead atoms. The van der Waals surface area contributed by atoms with Crippen LogP contribution in [0.1, 0.15) is 32.6 Å². The van der Waals surface area contributed by atoms with Crippen molar-refractivity contribution in [2.75, 3.05) is 12.4 Å². The van der Waals surface area contributed by atoms with E-state index in [0.29, 0.717) is 12.4 Å². The van der Waals surface area contributed by atoms with Gasteiger partial charge in [-0.3, -0.25) is 4.79 Å². The molecule has 0 aromatic rings. The first-order chi connectivity index (χ1) is 9.53. The summed E-state index contributed by atoms with van der Waals surface area (Å²) in [5, 5.41) is -0.0541. The Morgan fingerprint density at radius 3 is 2.45 bits per heavy atom. The van der Waals surface area contributed by atoms with Gasteiger partial charge in [0.25, 0.3) is 0 Å². The molecule has 0 saturated carbocycles. The highest BCUT2D eigenvalue weighted by Gasteiger charge is 2.30. The Balaban J connectivity index is 4.70. The van der Waals surface area contributed by atoms with Gasteiger partial charge in [0.1, 0.15) is 0 Å². The second kappa shape index (κ2) is 10.5. The topological polar surface area (TPSA) is 43.4 Å². The Kier molecular flexibility index (Phi) is 9.82. The molecule has 0 aromatic heterocycles. The summed E-state index contributed by atoms with van der Waals surface area (Å²) >= 11 is 1.23. The lowest BCUT2D eigenvalue weighted by atomic mass is 9.83. The third-order valence-corrected chi connectivity index (χ3v) is 4.45. The molecule has 4 heteroatoms. The predicted octanol–water partition coefficient (Wildman–Crippen LogP) is 3.91. The molecule has 0 saturated heterocycles. The van der Waals surface area contributed by atoms with Gasteiger partial charge in [0.05, 0.1) is 6.61 Å². The van der Waals surface area contributed by atoms with E-state index in [1.807, 2.05) is 6.08 Å². The second-order valence-electron chi connectivity index (χ2n) is 4.66. The van der Waals surface area contributed by atoms with Crippen LogP contribution in [0.3, 0.4) is 0 Å². The molecule has 20 heavy (non-hydrogen) atoms. The highest BCUT2D eigenvalue weighted by Crippen LogP contribution is 2.34. The average molecular weight is 296 g/mol. The number of carbonyl (C=O) groups is 2. The maximum absolute atomic E-state index is 11.4. The minimum atomic E-state index is -0.424. The highest BCUT2D eigenvalue weighted by molar-refractivity contribution is 8.14. The summed E-state index contributed by atoms with van der Waals surface area (Å²) < 4.78 is 5.21. The molecule has 0 rings (SSSR count). The lowest BCUT2D eigenvalue weighted by molar-refractivity contribution is -0.141. The summed E-state index contributed by atoms with van der Waals surface area (Å²) in [6.07, 6.45) is 7.95. The first-order valence-electron chi connectivity index (χ1n) is 6.73. The predicted molar refractivity (Wildman–Crippen MR) is 85.6 cm³/mol. The fraction of sp³-hybridized carbons (Fsp3) is 0.500. The molecule has 0 fully saturated rings. The molecule has 112 valence electrons. The zero-order chi connectivity index (χ0) is 15.4. The van der Waals surface area contributed by atoms with Crippen molar-refractivity contribution in [1.29, 1.82) is 0 Å². The van der Waals surface area contributed by atoms with Crippen molar-refractivity contribution in [2.45, 2.75) is 32.6 Å². The number of thioether (sulfide) groups is 1. The van der Waals surface area contributed by atoms with Crippen LogP contribution in [0.5, 0.6) is 0 Å². The Morgan fingerprint density at radius 1 is 1.25 bits per heavy atom. The largest absolute Gasteiger partial charge is 0.462 e. The van der Waals surface area contributed by atoms with Gasteiger partial charge in [-0.1, -0.05) is 37.9 Å². The van der Waals surface area contributed by atoms with Gasteiger partial charge in [-0.15, -0.1) is 6.58 Å². The molecule has 0 aliphatic carbocycles. The van der Waals surface area contributed by atoms with Crippen molar-refractivity contribution in [2.24, 2.45) is 5.41 Å². The van der Waals surface area contributed by atoms with Gasteiger partial charge in [-0.25, -0.2) is 4.79 Å². The number of hydrogen-bond donors (Lipinski definition) is 0. The van der Waals surface area contributed by atoms with Crippen LogP contribution in [0.15, 0.2) is 38.0 Å². The number of rotatable bonds is 11. The normalized spacial score (nSPS) is 13.1. The zero-order valence-corrected chi connectivity index (χ0v) is 13.0. The molecule has 3 nitrogen and oxygen atoms in total. The van der Waals surface area contributed by atoms with Crippen LogP contribution >= 0.6 is 11.8 Å². The molecule has 0 aliphatic rings. The molecule has 0 aromatic carbocycles. The Bertz CT molecular complexity index is 337. The number of allylic oxidation sites excluding steroid dienone is 1. The van der Waals surface area contributed by atoms with E-state index < -0.39 is 5.97 Å². The molecular formula is C16H24O3S. The number of ether oxygens (including phenoxy) is 1. The van der Waals surface area contributed by atoms with Crippen LogP contribution in [-0.2, 0) is 14.3 Å². The Hall–Kier alpha value is -1.29. The number of carbonyl (C=O) groups excluding carboxylic acids is 2. The van der Waals surface area contributed by atoms with Gasteiger partial charge in [0.15, 0.2) is 0 Å². The minimum absolute atomic E-state index is 0.0541. The van der Waals surface area contributed by atoms with Gasteiger partial charge < -0.3 is 4.74 Å². The van der Waals surface area contributed by atoms with Crippen molar-refractivity contribution in [3.05, 3.63) is 38.0 Å². The average Bonchev–Trinajstić information content (AvgIpc) is 2.49. The molecule has 0 N–H and O–H groups in total. The van der Waals surface area contributed by atoms with E-state index >= 15 is 0 Å². The summed E-state index contributed by atoms with van der Waals surface area (Å²) in [6, 6.07) is 0. The first kappa shape index (κ1) is 18.7. The quantitative estimate of drug-likeness (QED) is 0.251. The smallest absolute Gasteiger partial charge is 0.330 e. The van der Waals surface area contributed by atoms with Crippen LogP contribution in [0, 0.1) is 5.41 Å². The van der Waals surface area contributed by atoms with Crippen molar-refractivity contribution >= 4 is 22.8 Å². The lowest BCUT2D eigenvalue weighted by Gasteiger charge is -2.31. The van der Waals surface area contributed by atoms with E-state index in [2.05, 4.69) is 26.7 Å². The van der Waals surface area contributed by atoms with E-state index in [1.54, 1.807) is 0 Å². The Morgan fingerprint density at radius 2 is 1.95 bits per heavy atom. The third-order valence-electron chi connectivity index (χ3n) is 3.24. The van der Waals surface area contributed by atoms with Gasteiger partial charge >= 0.3 is 5.97 Å². The number of unbranched alkanes of at least 4 members (excludes halogenated alkanes) is 1. The molecule has 0 heterocycles. The Labute approximate surface area is 126 Å². The van der Waals surface area contributed by atoms with E-state index in [4.69, 9.17) is 4.74 Å². The molecule has 1 atom stereocenters. The van der Waals surface area contributed by atoms with Gasteiger partial charge in [-0.2, -0.15) is 0 Å². The van der Waals surface area contributed by atoms with Crippen LogP contribution in [-0.4, -0.2) is 23.4 Å². The summed E-state index contributed by atoms with van der Waals surface area (Å²) in [7, 11) is 0. The molecule has 0 amide bonds. The van der Waals surface area contributed by atoms with Crippen molar-refractivity contribution in [3.8, 4) is 0 Å². The van der Waals surface area contributed by atoms with E-state index in [9.17, 15) is 9.59 Å². The van der Waals surface area contributed by atoms with Crippen LogP contribution in [0.25, 0.3) is 0 Å². The maximum atomic E-state index is 11.4. The van der Waals surface area contributed by atoms with Crippen molar-refractivity contribution in [3.63, 3.8) is 0 Å². The summed E-state index contributed by atoms with van der Waals surface area (Å²) in [5.74, 6) is 0.197. The fourth-order valence-corrected chi connectivity index (χ4v) is 2.75. The zero-order valence-electron chi connectivity index (χ0n) is 12.2. The monoisotopic (exact) mass is 296 g/mol. The molecule has 1 unspecified atom stereocenters. The summed E-state index contributed by atoms with van der Waals surface area (Å²) in [5.41, 5.74) is -0.189. The summed E-state index contributed by atoms with van der Waals surface area (Å²) in [4.78, 5) is 22.7. The van der Waals surface area contributed by atoms with Crippen LogP contribution in [0.4, 0.5) is 0 Å². The van der Waals surface area contributed by atoms with E-state index in [-0.39, 0.29) is 10.5 Å².